The van der Waals surface area contributed by atoms with E-state index < -0.39 is 5.60 Å². The van der Waals surface area contributed by atoms with Crippen LogP contribution in [0.3, 0.4) is 0 Å². The predicted molar refractivity (Wildman–Crippen MR) is 122 cm³/mol. The van der Waals surface area contributed by atoms with Gasteiger partial charge in [-0.1, -0.05) is 0 Å². The second kappa shape index (κ2) is 12.0. The number of thioether (sulfide) groups is 1. The Kier molecular flexibility index (Phi) is 10.5. The quantitative estimate of drug-likeness (QED) is 0.323. The van der Waals surface area contributed by atoms with E-state index in [1.54, 1.807) is 0 Å². The molecule has 3 fully saturated rings. The fraction of sp³-hybridized carbons (Fsp3) is 0.947. The minimum atomic E-state index is -0.618. The highest BCUT2D eigenvalue weighted by molar-refractivity contribution is 14.0. The number of nitrogens with zero attached hydrogens (tertiary/aromatic N) is 2. The highest BCUT2D eigenvalue weighted by atomic mass is 127. The molecule has 0 saturated carbocycles. The first-order valence-electron chi connectivity index (χ1n) is 10.2. The molecule has 8 heteroatoms. The Bertz CT molecular complexity index is 449. The Labute approximate surface area is 185 Å². The minimum Gasteiger partial charge on any atom is -0.387 e. The summed E-state index contributed by atoms with van der Waals surface area (Å²) >= 11 is 1.82. The zero-order valence-corrected chi connectivity index (χ0v) is 19.7. The molecular formula is C19H36IN3O3S. The van der Waals surface area contributed by atoms with E-state index in [1.807, 2.05) is 11.8 Å². The summed E-state index contributed by atoms with van der Waals surface area (Å²) in [6.45, 7) is 6.97. The summed E-state index contributed by atoms with van der Waals surface area (Å²) in [4.78, 5) is 7.05. The van der Waals surface area contributed by atoms with Crippen LogP contribution < -0.4 is 5.32 Å². The van der Waals surface area contributed by atoms with Gasteiger partial charge in [-0.3, -0.25) is 4.99 Å². The van der Waals surface area contributed by atoms with Crippen LogP contribution in [0.2, 0.25) is 0 Å². The lowest BCUT2D eigenvalue weighted by Crippen LogP contribution is -2.48. The molecule has 2 unspecified atom stereocenters. The van der Waals surface area contributed by atoms with E-state index in [4.69, 9.17) is 14.5 Å². The maximum atomic E-state index is 10.5. The maximum Gasteiger partial charge on any atom is 0.194 e. The van der Waals surface area contributed by atoms with Gasteiger partial charge in [0.05, 0.1) is 31.0 Å². The average Bonchev–Trinajstić information content (AvgIpc) is 3.12. The second-order valence-electron chi connectivity index (χ2n) is 7.71. The van der Waals surface area contributed by atoms with Crippen LogP contribution in [0.1, 0.15) is 45.4 Å². The number of hydrogen-bond acceptors (Lipinski definition) is 5. The molecule has 0 aliphatic carbocycles. The van der Waals surface area contributed by atoms with Crippen molar-refractivity contribution >= 4 is 41.7 Å². The van der Waals surface area contributed by atoms with Crippen LogP contribution >= 0.6 is 35.7 Å². The molecule has 3 aliphatic heterocycles. The zero-order chi connectivity index (χ0) is 18.2. The van der Waals surface area contributed by atoms with E-state index in [2.05, 4.69) is 17.1 Å². The van der Waals surface area contributed by atoms with E-state index in [-0.39, 0.29) is 24.0 Å². The molecule has 0 radical (unpaired) electrons. The lowest BCUT2D eigenvalue weighted by atomic mass is 10.0. The number of rotatable bonds is 6. The van der Waals surface area contributed by atoms with Gasteiger partial charge in [0.1, 0.15) is 0 Å². The maximum absolute atomic E-state index is 10.5. The number of nitrogens with one attached hydrogen (secondary N) is 1. The molecule has 0 aromatic heterocycles. The topological polar surface area (TPSA) is 66.3 Å². The SMILES string of the molecule is CCNC(=NCC1(O)CCSC1)N1CCC(OCC2CCCCO2)CC1.I. The van der Waals surface area contributed by atoms with Crippen LogP contribution in [0.5, 0.6) is 0 Å². The molecule has 0 spiro atoms. The normalized spacial score (nSPS) is 30.2. The number of aliphatic imine (C=N–C) groups is 1. The molecule has 27 heavy (non-hydrogen) atoms. The van der Waals surface area contributed by atoms with E-state index in [0.717, 1.165) is 76.0 Å². The van der Waals surface area contributed by atoms with Gasteiger partial charge in [0.15, 0.2) is 5.96 Å². The lowest BCUT2D eigenvalue weighted by Gasteiger charge is -2.35. The Balaban J connectivity index is 0.00000261. The Morgan fingerprint density at radius 3 is 2.78 bits per heavy atom. The summed E-state index contributed by atoms with van der Waals surface area (Å²) in [7, 11) is 0. The Morgan fingerprint density at radius 1 is 1.33 bits per heavy atom. The largest absolute Gasteiger partial charge is 0.387 e. The summed E-state index contributed by atoms with van der Waals surface area (Å²) in [6, 6.07) is 0. The van der Waals surface area contributed by atoms with Crippen LogP contribution in [0.25, 0.3) is 0 Å². The van der Waals surface area contributed by atoms with Crippen LogP contribution in [-0.2, 0) is 9.47 Å². The molecule has 158 valence electrons. The molecule has 0 bridgehead atoms. The predicted octanol–water partition coefficient (Wildman–Crippen LogP) is 2.49. The van der Waals surface area contributed by atoms with Crippen molar-refractivity contribution in [1.82, 2.24) is 10.2 Å². The van der Waals surface area contributed by atoms with E-state index in [9.17, 15) is 5.11 Å². The van der Waals surface area contributed by atoms with E-state index in [0.29, 0.717) is 18.8 Å². The standard InChI is InChI=1S/C19H35N3O3S.HI/c1-2-20-18(21-14-19(23)8-12-26-15-19)22-9-6-16(7-10-22)25-13-17-5-3-4-11-24-17;/h16-17,23H,2-15H2,1H3,(H,20,21);1H. The molecule has 2 N–H and O–H groups in total. The average molecular weight is 513 g/mol. The van der Waals surface area contributed by atoms with Crippen molar-refractivity contribution in [2.75, 3.05) is 50.9 Å². The highest BCUT2D eigenvalue weighted by Gasteiger charge is 2.32. The first kappa shape index (κ1) is 23.5. The third-order valence-electron chi connectivity index (χ3n) is 5.47. The molecule has 2 atom stereocenters. The van der Waals surface area contributed by atoms with Gasteiger partial charge >= 0.3 is 0 Å². The smallest absolute Gasteiger partial charge is 0.194 e. The number of ether oxygens (including phenoxy) is 2. The third kappa shape index (κ3) is 7.53. The van der Waals surface area contributed by atoms with E-state index >= 15 is 0 Å². The van der Waals surface area contributed by atoms with Gasteiger partial charge in [-0.25, -0.2) is 0 Å². The number of hydrogen-bond donors (Lipinski definition) is 2. The van der Waals surface area contributed by atoms with Crippen LogP contribution in [0.4, 0.5) is 0 Å². The number of aliphatic hydroxyl groups is 1. The molecule has 3 saturated heterocycles. The van der Waals surface area contributed by atoms with Crippen molar-refractivity contribution in [3.05, 3.63) is 0 Å². The number of halogens is 1. The molecule has 0 amide bonds. The third-order valence-corrected chi connectivity index (χ3v) is 6.71. The van der Waals surface area contributed by atoms with Crippen molar-refractivity contribution in [1.29, 1.82) is 0 Å². The van der Waals surface area contributed by atoms with Crippen LogP contribution in [-0.4, -0.2) is 84.7 Å². The minimum absolute atomic E-state index is 0. The van der Waals surface area contributed by atoms with E-state index in [1.165, 1.54) is 12.8 Å². The van der Waals surface area contributed by atoms with Gasteiger partial charge in [0.25, 0.3) is 0 Å². The fourth-order valence-electron chi connectivity index (χ4n) is 3.79. The van der Waals surface area contributed by atoms with Crippen molar-refractivity contribution in [3.63, 3.8) is 0 Å². The molecule has 3 aliphatic rings. The molecule has 0 aromatic carbocycles. The number of guanidine groups is 1. The molecule has 3 rings (SSSR count). The van der Waals surface area contributed by atoms with Crippen LogP contribution in [0, 0.1) is 0 Å². The number of piperidine rings is 1. The van der Waals surface area contributed by atoms with Crippen molar-refractivity contribution in [2.24, 2.45) is 4.99 Å². The molecule has 0 aromatic rings. The summed E-state index contributed by atoms with van der Waals surface area (Å²) in [6.07, 6.45) is 7.11. The van der Waals surface area contributed by atoms with Crippen molar-refractivity contribution in [2.45, 2.75) is 63.3 Å². The molecular weight excluding hydrogens is 477 g/mol. The van der Waals surface area contributed by atoms with Gasteiger partial charge in [0.2, 0.25) is 0 Å². The van der Waals surface area contributed by atoms with Crippen molar-refractivity contribution in [3.8, 4) is 0 Å². The lowest BCUT2D eigenvalue weighted by molar-refractivity contribution is -0.0721. The Morgan fingerprint density at radius 2 is 2.15 bits per heavy atom. The summed E-state index contributed by atoms with van der Waals surface area (Å²) in [5, 5.41) is 13.9. The van der Waals surface area contributed by atoms with Gasteiger partial charge in [-0.15, -0.1) is 24.0 Å². The number of likely N-dealkylation sites (tertiary alicyclic amines) is 1. The first-order chi connectivity index (χ1) is 12.7. The zero-order valence-electron chi connectivity index (χ0n) is 16.5. The first-order valence-corrected chi connectivity index (χ1v) is 11.4. The van der Waals surface area contributed by atoms with Gasteiger partial charge in [-0.05, 0) is 51.2 Å². The fourth-order valence-corrected chi connectivity index (χ4v) is 5.07. The summed E-state index contributed by atoms with van der Waals surface area (Å²) in [5.74, 6) is 2.78. The highest BCUT2D eigenvalue weighted by Crippen LogP contribution is 2.28. The summed E-state index contributed by atoms with van der Waals surface area (Å²) < 4.78 is 11.9. The van der Waals surface area contributed by atoms with Gasteiger partial charge < -0.3 is 24.8 Å². The second-order valence-corrected chi connectivity index (χ2v) is 8.81. The molecule has 3 heterocycles. The van der Waals surface area contributed by atoms with Crippen molar-refractivity contribution < 1.29 is 14.6 Å². The summed E-state index contributed by atoms with van der Waals surface area (Å²) in [5.41, 5.74) is -0.618. The Hall–Kier alpha value is 0.230. The van der Waals surface area contributed by atoms with Gasteiger partial charge in [0, 0.05) is 32.0 Å². The monoisotopic (exact) mass is 513 g/mol. The van der Waals surface area contributed by atoms with Gasteiger partial charge in [-0.2, -0.15) is 11.8 Å². The van der Waals surface area contributed by atoms with Crippen LogP contribution in [0.15, 0.2) is 4.99 Å². The molecule has 6 nitrogen and oxygen atoms in total.